The van der Waals surface area contributed by atoms with E-state index in [0.29, 0.717) is 18.7 Å². The number of hydrogen-bond acceptors (Lipinski definition) is 4. The van der Waals surface area contributed by atoms with E-state index < -0.39 is 0 Å². The van der Waals surface area contributed by atoms with Crippen LogP contribution in [-0.2, 0) is 0 Å². The topological polar surface area (TPSA) is 85.5 Å². The lowest BCUT2D eigenvalue weighted by Crippen LogP contribution is -2.39. The van der Waals surface area contributed by atoms with Crippen LogP contribution in [0.25, 0.3) is 0 Å². The maximum Gasteiger partial charge on any atom is 0.316 e. The van der Waals surface area contributed by atoms with Gasteiger partial charge in [0.2, 0.25) is 0 Å². The minimum Gasteiger partial charge on any atom is -0.382 e. The van der Waals surface area contributed by atoms with E-state index >= 15 is 0 Å². The quantitative estimate of drug-likeness (QED) is 0.610. The molecule has 0 saturated heterocycles. The van der Waals surface area contributed by atoms with E-state index in [1.54, 1.807) is 20.2 Å². The van der Waals surface area contributed by atoms with Crippen LogP contribution >= 0.6 is 0 Å². The molecule has 0 saturated carbocycles. The third-order valence-electron chi connectivity index (χ3n) is 3.14. The zero-order valence-corrected chi connectivity index (χ0v) is 12.3. The second kappa shape index (κ2) is 6.83. The second-order valence-corrected chi connectivity index (χ2v) is 4.96. The summed E-state index contributed by atoms with van der Waals surface area (Å²) < 4.78 is 0. The van der Waals surface area contributed by atoms with Gasteiger partial charge < -0.3 is 26.2 Å². The molecule has 114 valence electrons. The maximum absolute atomic E-state index is 12.2. The Kier molecular flexibility index (Phi) is 4.86. The zero-order valence-electron chi connectivity index (χ0n) is 12.3. The molecule has 0 bridgehead atoms. The van der Waals surface area contributed by atoms with Crippen molar-refractivity contribution in [3.8, 4) is 0 Å². The number of hydrogen-bond donors (Lipinski definition) is 4. The Bertz CT molecular complexity index is 530. The van der Waals surface area contributed by atoms with Gasteiger partial charge in [0.15, 0.2) is 0 Å². The number of carbonyl (C=O) groups excluding carboxylic acids is 2. The lowest BCUT2D eigenvalue weighted by Gasteiger charge is -2.22. The molecule has 4 N–H and O–H groups in total. The fourth-order valence-electron chi connectivity index (χ4n) is 2.06. The molecule has 0 spiro atoms. The average molecular weight is 291 g/mol. The number of fused-ring (bicyclic) bond motifs is 1. The lowest BCUT2D eigenvalue weighted by molar-refractivity contribution is 0.0954. The summed E-state index contributed by atoms with van der Waals surface area (Å²) >= 11 is 0. The number of nitrogens with zero attached hydrogens (tertiary/aromatic N) is 1. The number of nitrogens with one attached hydrogen (secondary N) is 4. The summed E-state index contributed by atoms with van der Waals surface area (Å²) in [5.74, 6) is -0.151. The first-order valence-electron chi connectivity index (χ1n) is 6.93. The van der Waals surface area contributed by atoms with E-state index in [0.717, 1.165) is 24.5 Å². The monoisotopic (exact) mass is 291 g/mol. The molecule has 1 aromatic rings. The molecule has 0 atom stereocenters. The molecule has 2 rings (SSSR count). The van der Waals surface area contributed by atoms with E-state index in [9.17, 15) is 9.59 Å². The molecule has 0 aromatic heterocycles. The zero-order chi connectivity index (χ0) is 15.2. The number of para-hydroxylation sites is 1. The fraction of sp³-hybridized carbons (Fsp3) is 0.429. The molecular formula is C14H21N5O2. The Morgan fingerprint density at radius 2 is 1.86 bits per heavy atom. The van der Waals surface area contributed by atoms with Gasteiger partial charge in [-0.2, -0.15) is 0 Å². The van der Waals surface area contributed by atoms with E-state index in [2.05, 4.69) is 21.3 Å². The van der Waals surface area contributed by atoms with E-state index in [1.807, 2.05) is 12.1 Å². The molecule has 0 unspecified atom stereocenters. The molecule has 7 nitrogen and oxygen atoms in total. The third kappa shape index (κ3) is 3.77. The second-order valence-electron chi connectivity index (χ2n) is 4.96. The van der Waals surface area contributed by atoms with Crippen molar-refractivity contribution in [3.05, 3.63) is 23.8 Å². The summed E-state index contributed by atoms with van der Waals surface area (Å²) in [7, 11) is 3.34. The highest BCUT2D eigenvalue weighted by molar-refractivity contribution is 6.02. The van der Waals surface area contributed by atoms with Crippen molar-refractivity contribution in [2.45, 2.75) is 0 Å². The van der Waals surface area contributed by atoms with Crippen molar-refractivity contribution in [2.75, 3.05) is 50.9 Å². The summed E-state index contributed by atoms with van der Waals surface area (Å²) in [4.78, 5) is 25.0. The van der Waals surface area contributed by atoms with Crippen LogP contribution in [0, 0.1) is 0 Å². The number of benzene rings is 1. The minimum absolute atomic E-state index is 0.151. The normalized spacial score (nSPS) is 12.5. The molecule has 0 aliphatic carbocycles. The van der Waals surface area contributed by atoms with Gasteiger partial charge in [0.1, 0.15) is 0 Å². The van der Waals surface area contributed by atoms with Gasteiger partial charge in [-0.25, -0.2) is 4.79 Å². The summed E-state index contributed by atoms with van der Waals surface area (Å²) in [6.45, 7) is 2.41. The van der Waals surface area contributed by atoms with Gasteiger partial charge in [-0.1, -0.05) is 6.07 Å². The predicted octanol–water partition coefficient (Wildman–Crippen LogP) is 0.525. The minimum atomic E-state index is -0.174. The highest BCUT2D eigenvalue weighted by Gasteiger charge is 2.16. The van der Waals surface area contributed by atoms with Gasteiger partial charge >= 0.3 is 6.03 Å². The number of urea groups is 1. The molecule has 1 heterocycles. The smallest absolute Gasteiger partial charge is 0.316 e. The van der Waals surface area contributed by atoms with Gasteiger partial charge in [-0.15, -0.1) is 0 Å². The first-order chi connectivity index (χ1) is 10.1. The van der Waals surface area contributed by atoms with Crippen molar-refractivity contribution in [1.29, 1.82) is 0 Å². The van der Waals surface area contributed by atoms with Crippen molar-refractivity contribution in [3.63, 3.8) is 0 Å². The van der Waals surface area contributed by atoms with Gasteiger partial charge in [0.05, 0.1) is 16.9 Å². The molecule has 1 aliphatic heterocycles. The molecule has 0 radical (unpaired) electrons. The van der Waals surface area contributed by atoms with Gasteiger partial charge in [0, 0.05) is 40.3 Å². The van der Waals surface area contributed by atoms with Crippen molar-refractivity contribution >= 4 is 23.3 Å². The van der Waals surface area contributed by atoms with Crippen LogP contribution in [0.2, 0.25) is 0 Å². The third-order valence-corrected chi connectivity index (χ3v) is 3.14. The summed E-state index contributed by atoms with van der Waals surface area (Å²) in [6, 6.07) is 5.40. The first-order valence-corrected chi connectivity index (χ1v) is 6.93. The largest absolute Gasteiger partial charge is 0.382 e. The number of anilines is 2. The summed E-state index contributed by atoms with van der Waals surface area (Å²) in [5, 5.41) is 12.0. The summed E-state index contributed by atoms with van der Waals surface area (Å²) in [5.41, 5.74) is 2.38. The first kappa shape index (κ1) is 15.0. The van der Waals surface area contributed by atoms with Crippen molar-refractivity contribution < 1.29 is 9.59 Å². The van der Waals surface area contributed by atoms with Crippen LogP contribution in [-0.4, -0.2) is 57.1 Å². The molecule has 1 aromatic carbocycles. The van der Waals surface area contributed by atoms with Gasteiger partial charge in [-0.05, 0) is 12.1 Å². The molecule has 7 heteroatoms. The van der Waals surface area contributed by atoms with Crippen LogP contribution in [0.3, 0.4) is 0 Å². The van der Waals surface area contributed by atoms with E-state index in [4.69, 9.17) is 0 Å². The Labute approximate surface area is 124 Å². The SMILES string of the molecule is CN(C)C(=O)NCCNC(=O)c1cccc2c1NCCN2. The number of amides is 3. The van der Waals surface area contributed by atoms with E-state index in [1.165, 1.54) is 4.90 Å². The number of rotatable bonds is 4. The van der Waals surface area contributed by atoms with Gasteiger partial charge in [0.25, 0.3) is 5.91 Å². The number of carbonyl (C=O) groups is 2. The Morgan fingerprint density at radius 3 is 2.62 bits per heavy atom. The predicted molar refractivity (Wildman–Crippen MR) is 82.8 cm³/mol. The molecule has 3 amide bonds. The van der Waals surface area contributed by atoms with Crippen LogP contribution in [0.1, 0.15) is 10.4 Å². The van der Waals surface area contributed by atoms with E-state index in [-0.39, 0.29) is 11.9 Å². The molecule has 21 heavy (non-hydrogen) atoms. The van der Waals surface area contributed by atoms with Crippen molar-refractivity contribution in [1.82, 2.24) is 15.5 Å². The highest BCUT2D eigenvalue weighted by atomic mass is 16.2. The van der Waals surface area contributed by atoms with Crippen LogP contribution in [0.5, 0.6) is 0 Å². The average Bonchev–Trinajstić information content (AvgIpc) is 2.50. The Balaban J connectivity index is 1.88. The molecule has 1 aliphatic rings. The van der Waals surface area contributed by atoms with Crippen molar-refractivity contribution in [2.24, 2.45) is 0 Å². The van der Waals surface area contributed by atoms with Crippen LogP contribution < -0.4 is 21.3 Å². The standard InChI is InChI=1S/C14H21N5O2/c1-19(2)14(21)18-9-8-17-13(20)10-4-3-5-11-12(10)16-7-6-15-11/h3-5,15-16H,6-9H2,1-2H3,(H,17,20)(H,18,21). The fourth-order valence-corrected chi connectivity index (χ4v) is 2.06. The Hall–Kier alpha value is -2.44. The molecule has 0 fully saturated rings. The van der Waals surface area contributed by atoms with Gasteiger partial charge in [-0.3, -0.25) is 4.79 Å². The molecular weight excluding hydrogens is 270 g/mol. The van der Waals surface area contributed by atoms with Crippen LogP contribution in [0.15, 0.2) is 18.2 Å². The summed E-state index contributed by atoms with van der Waals surface area (Å²) in [6.07, 6.45) is 0. The Morgan fingerprint density at radius 1 is 1.14 bits per heavy atom. The van der Waals surface area contributed by atoms with Crippen LogP contribution in [0.4, 0.5) is 16.2 Å². The maximum atomic E-state index is 12.2. The lowest BCUT2D eigenvalue weighted by atomic mass is 10.1. The highest BCUT2D eigenvalue weighted by Crippen LogP contribution is 2.27.